The van der Waals surface area contributed by atoms with E-state index in [-0.39, 0.29) is 28.4 Å². The second-order valence-corrected chi connectivity index (χ2v) is 6.03. The number of hydrogen-bond acceptors (Lipinski definition) is 4. The molecule has 0 fully saturated rings. The Morgan fingerprint density at radius 2 is 1.73 bits per heavy atom. The summed E-state index contributed by atoms with van der Waals surface area (Å²) in [5.41, 5.74) is -1.89. The number of nitrogens with zero attached hydrogens (tertiary/aromatic N) is 1. The van der Waals surface area contributed by atoms with Crippen LogP contribution in [0.3, 0.4) is 0 Å². The lowest BCUT2D eigenvalue weighted by Gasteiger charge is -2.15. The molecule has 30 heavy (non-hydrogen) atoms. The van der Waals surface area contributed by atoms with Crippen molar-refractivity contribution in [3.63, 3.8) is 0 Å². The van der Waals surface area contributed by atoms with Crippen molar-refractivity contribution >= 4 is 17.3 Å². The van der Waals surface area contributed by atoms with Crippen molar-refractivity contribution in [1.29, 1.82) is 0 Å². The Morgan fingerprint density at radius 3 is 2.40 bits per heavy atom. The SMILES string of the molecule is O=C(Nc1cc(C(F)(F)F)ccc1Oc1cccc(F)c1)c1cccc([N+](=O)[O-])c1. The molecule has 3 aromatic rings. The zero-order valence-corrected chi connectivity index (χ0v) is 14.9. The first-order chi connectivity index (χ1) is 14.1. The Morgan fingerprint density at radius 1 is 1.00 bits per heavy atom. The fraction of sp³-hybridized carbons (Fsp3) is 0.0500. The topological polar surface area (TPSA) is 81.5 Å². The van der Waals surface area contributed by atoms with Crippen LogP contribution in [-0.4, -0.2) is 10.8 Å². The number of nitrogens with one attached hydrogen (secondary N) is 1. The standard InChI is InChI=1S/C20H12F4N2O4/c21-14-4-2-6-16(11-14)30-18-8-7-13(20(22,23)24)10-17(18)25-19(27)12-3-1-5-15(9-12)26(28)29/h1-11H,(H,25,27). The molecule has 154 valence electrons. The highest BCUT2D eigenvalue weighted by Gasteiger charge is 2.31. The third-order valence-electron chi connectivity index (χ3n) is 3.90. The highest BCUT2D eigenvalue weighted by Crippen LogP contribution is 2.37. The molecule has 1 amide bonds. The number of non-ortho nitro benzene ring substituents is 1. The van der Waals surface area contributed by atoms with E-state index in [1.807, 2.05) is 0 Å². The monoisotopic (exact) mass is 420 g/mol. The smallest absolute Gasteiger partial charge is 0.416 e. The van der Waals surface area contributed by atoms with Gasteiger partial charge in [-0.2, -0.15) is 13.2 Å². The molecule has 0 saturated heterocycles. The number of halogens is 4. The van der Waals surface area contributed by atoms with E-state index in [1.54, 1.807) is 0 Å². The summed E-state index contributed by atoms with van der Waals surface area (Å²) < 4.78 is 58.1. The lowest BCUT2D eigenvalue weighted by Crippen LogP contribution is -2.14. The minimum atomic E-state index is -4.69. The fourth-order valence-electron chi connectivity index (χ4n) is 2.51. The summed E-state index contributed by atoms with van der Waals surface area (Å²) in [6.07, 6.45) is -4.69. The van der Waals surface area contributed by atoms with Crippen LogP contribution in [0.25, 0.3) is 0 Å². The third kappa shape index (κ3) is 4.90. The zero-order valence-electron chi connectivity index (χ0n) is 14.9. The van der Waals surface area contributed by atoms with Crippen LogP contribution in [0.1, 0.15) is 15.9 Å². The van der Waals surface area contributed by atoms with Gasteiger partial charge in [-0.25, -0.2) is 4.39 Å². The number of anilines is 1. The van der Waals surface area contributed by atoms with Gasteiger partial charge in [-0.1, -0.05) is 12.1 Å². The molecule has 3 aromatic carbocycles. The molecule has 0 saturated carbocycles. The average molecular weight is 420 g/mol. The molecular weight excluding hydrogens is 408 g/mol. The predicted octanol–water partition coefficient (Wildman–Crippen LogP) is 5.80. The molecule has 0 aliphatic rings. The molecule has 0 heterocycles. The number of hydrogen-bond donors (Lipinski definition) is 1. The number of rotatable bonds is 5. The van der Waals surface area contributed by atoms with Gasteiger partial charge in [0.1, 0.15) is 11.6 Å². The number of alkyl halides is 3. The van der Waals surface area contributed by atoms with Crippen molar-refractivity contribution in [3.8, 4) is 11.5 Å². The molecule has 3 rings (SSSR count). The largest absolute Gasteiger partial charge is 0.455 e. The normalized spacial score (nSPS) is 11.1. The average Bonchev–Trinajstić information content (AvgIpc) is 2.68. The summed E-state index contributed by atoms with van der Waals surface area (Å²) in [4.78, 5) is 22.6. The lowest BCUT2D eigenvalue weighted by molar-refractivity contribution is -0.384. The summed E-state index contributed by atoms with van der Waals surface area (Å²) in [7, 11) is 0. The maximum absolute atomic E-state index is 13.4. The van der Waals surface area contributed by atoms with Crippen LogP contribution in [0.4, 0.5) is 28.9 Å². The lowest BCUT2D eigenvalue weighted by atomic mass is 10.1. The van der Waals surface area contributed by atoms with Crippen LogP contribution >= 0.6 is 0 Å². The van der Waals surface area contributed by atoms with Crippen molar-refractivity contribution in [3.05, 3.63) is 93.8 Å². The Labute approximate surface area is 166 Å². The predicted molar refractivity (Wildman–Crippen MR) is 99.0 cm³/mol. The summed E-state index contributed by atoms with van der Waals surface area (Å²) in [5, 5.41) is 13.1. The highest BCUT2D eigenvalue weighted by molar-refractivity contribution is 6.05. The molecule has 0 unspecified atom stereocenters. The molecule has 0 radical (unpaired) electrons. The van der Waals surface area contributed by atoms with Gasteiger partial charge in [-0.05, 0) is 36.4 Å². The van der Waals surface area contributed by atoms with Gasteiger partial charge >= 0.3 is 6.18 Å². The third-order valence-corrected chi connectivity index (χ3v) is 3.90. The van der Waals surface area contributed by atoms with Crippen molar-refractivity contribution in [2.45, 2.75) is 6.18 Å². The summed E-state index contributed by atoms with van der Waals surface area (Å²) in [6.45, 7) is 0. The number of benzene rings is 3. The molecule has 0 aromatic heterocycles. The van der Waals surface area contributed by atoms with Crippen LogP contribution in [-0.2, 0) is 6.18 Å². The minimum Gasteiger partial charge on any atom is -0.455 e. The van der Waals surface area contributed by atoms with E-state index < -0.39 is 28.4 Å². The van der Waals surface area contributed by atoms with Crippen LogP contribution in [0.5, 0.6) is 11.5 Å². The van der Waals surface area contributed by atoms with Gasteiger partial charge in [-0.3, -0.25) is 14.9 Å². The Kier molecular flexibility index (Phi) is 5.67. The van der Waals surface area contributed by atoms with E-state index in [1.165, 1.54) is 30.3 Å². The van der Waals surface area contributed by atoms with E-state index in [0.29, 0.717) is 6.07 Å². The van der Waals surface area contributed by atoms with Crippen LogP contribution in [0.15, 0.2) is 66.7 Å². The number of amides is 1. The van der Waals surface area contributed by atoms with E-state index >= 15 is 0 Å². The summed E-state index contributed by atoms with van der Waals surface area (Å²) >= 11 is 0. The van der Waals surface area contributed by atoms with Gasteiger partial charge in [-0.15, -0.1) is 0 Å². The second kappa shape index (κ2) is 8.19. The van der Waals surface area contributed by atoms with Gasteiger partial charge in [0.05, 0.1) is 16.2 Å². The van der Waals surface area contributed by atoms with Gasteiger partial charge in [0, 0.05) is 23.8 Å². The van der Waals surface area contributed by atoms with Crippen LogP contribution in [0.2, 0.25) is 0 Å². The van der Waals surface area contributed by atoms with E-state index in [9.17, 15) is 32.5 Å². The van der Waals surface area contributed by atoms with Crippen molar-refractivity contribution < 1.29 is 32.0 Å². The fourth-order valence-corrected chi connectivity index (χ4v) is 2.51. The molecular formula is C20H12F4N2O4. The molecule has 0 atom stereocenters. The molecule has 0 aliphatic heterocycles. The number of carbonyl (C=O) groups is 1. The Bertz CT molecular complexity index is 1120. The van der Waals surface area contributed by atoms with E-state index in [0.717, 1.165) is 30.3 Å². The summed E-state index contributed by atoms with van der Waals surface area (Å²) in [5.74, 6) is -1.68. The van der Waals surface area contributed by atoms with Gasteiger partial charge in [0.15, 0.2) is 5.75 Å². The maximum atomic E-state index is 13.4. The first-order valence-electron chi connectivity index (χ1n) is 8.34. The van der Waals surface area contributed by atoms with E-state index in [2.05, 4.69) is 5.32 Å². The van der Waals surface area contributed by atoms with Crippen LogP contribution in [0, 0.1) is 15.9 Å². The summed E-state index contributed by atoms with van der Waals surface area (Å²) in [6, 6.07) is 12.0. The maximum Gasteiger partial charge on any atom is 0.416 e. The van der Waals surface area contributed by atoms with Crippen molar-refractivity contribution in [2.75, 3.05) is 5.32 Å². The molecule has 0 aliphatic carbocycles. The molecule has 1 N–H and O–H groups in total. The molecule has 0 bridgehead atoms. The first kappa shape index (κ1) is 20.8. The minimum absolute atomic E-state index is 0.000562. The van der Waals surface area contributed by atoms with Crippen molar-refractivity contribution in [2.24, 2.45) is 0 Å². The molecule has 6 nitrogen and oxygen atoms in total. The van der Waals surface area contributed by atoms with E-state index in [4.69, 9.17) is 4.74 Å². The molecule has 0 spiro atoms. The number of nitro groups is 1. The van der Waals surface area contributed by atoms with Gasteiger partial charge in [0.2, 0.25) is 0 Å². The number of ether oxygens (including phenoxy) is 1. The Hall–Kier alpha value is -3.95. The number of nitro benzene ring substituents is 1. The van der Waals surface area contributed by atoms with Crippen molar-refractivity contribution in [1.82, 2.24) is 0 Å². The second-order valence-electron chi connectivity index (χ2n) is 6.03. The van der Waals surface area contributed by atoms with Gasteiger partial charge in [0.25, 0.3) is 11.6 Å². The molecule has 10 heteroatoms. The number of carbonyl (C=O) groups excluding carboxylic acids is 1. The first-order valence-corrected chi connectivity index (χ1v) is 8.34. The Balaban J connectivity index is 1.97. The van der Waals surface area contributed by atoms with Crippen LogP contribution < -0.4 is 10.1 Å². The highest BCUT2D eigenvalue weighted by atomic mass is 19.4. The quantitative estimate of drug-likeness (QED) is 0.321. The van der Waals surface area contributed by atoms with Gasteiger partial charge < -0.3 is 10.1 Å². The zero-order chi connectivity index (χ0) is 21.9.